The summed E-state index contributed by atoms with van der Waals surface area (Å²) in [5, 5.41) is 38.7. The number of ether oxygens (including phenoxy) is 4. The van der Waals surface area contributed by atoms with Crippen molar-refractivity contribution in [2.75, 3.05) is 88.4 Å². The minimum absolute atomic E-state index is 0.115. The number of nitrogens with one attached hydrogen (secondary N) is 5. The molecular weight excluding hydrogens is 1040 g/mol. The number of rotatable bonds is 26. The first-order chi connectivity index (χ1) is 40.0. The molecule has 5 N–H and O–H groups in total. The van der Waals surface area contributed by atoms with Gasteiger partial charge in [-0.25, -0.2) is 0 Å². The zero-order chi connectivity index (χ0) is 59.2. The van der Waals surface area contributed by atoms with Gasteiger partial charge in [0.2, 0.25) is 11.8 Å². The molecule has 434 valence electrons. The number of pyridine rings is 3. The van der Waals surface area contributed by atoms with Crippen LogP contribution in [0.2, 0.25) is 0 Å². The van der Waals surface area contributed by atoms with Gasteiger partial charge in [-0.3, -0.25) is 24.5 Å². The van der Waals surface area contributed by atoms with Gasteiger partial charge in [-0.05, 0) is 184 Å². The molecule has 3 atom stereocenters. The molecule has 83 heavy (non-hydrogen) atoms. The molecule has 8 rings (SSSR count). The van der Waals surface area contributed by atoms with Crippen LogP contribution in [0.15, 0.2) is 85.3 Å². The molecule has 2 amide bonds. The summed E-state index contributed by atoms with van der Waals surface area (Å²) in [6, 6.07) is 25.8. The Bertz CT molecular complexity index is 3520. The number of carbonyl (C=O) groups excluding carboxylic acids is 2. The van der Waals surface area contributed by atoms with E-state index in [1.165, 1.54) is 0 Å². The van der Waals surface area contributed by atoms with Gasteiger partial charge in [0.05, 0.1) is 63.8 Å². The summed E-state index contributed by atoms with van der Waals surface area (Å²) >= 11 is 0. The van der Waals surface area contributed by atoms with Gasteiger partial charge in [0, 0.05) is 78.3 Å². The predicted molar refractivity (Wildman–Crippen MR) is 329 cm³/mol. The number of benzene rings is 4. The normalized spacial score (nSPS) is 14.9. The van der Waals surface area contributed by atoms with Crippen LogP contribution in [-0.2, 0) is 16.2 Å². The standard InChI is InChI=1S/C65H78N12O6/c1-11-80-59-30-53-50(63(46(32-66)35-70-53)72-48-25-43(6)65(44(7)26-48)83-39-57-40(3)16-13-21-68-57)28-55(59)74-62(79)18-15-23-77(10)37-45-24-41(4)58(69-34-45)38-82-49-19-20-52(42(5)27-49)75-64-47(33-67)36-71-54-31-60(81-12-2)56(29-51(54)64)73-61(78)17-14-22-76(8)9/h13,16,19-21,25-31,35-36,41,45,58,69H,11-12,14-15,17-18,22-24,34,37-39H2,1-10H3,(H,70,72)(H,71,75)(H,73,78)(H,74,79). The maximum Gasteiger partial charge on any atom is 0.224 e. The zero-order valence-electron chi connectivity index (χ0n) is 49.6. The monoisotopic (exact) mass is 1120 g/mol. The number of piperidine rings is 1. The minimum Gasteiger partial charge on any atom is -0.492 e. The van der Waals surface area contributed by atoms with E-state index < -0.39 is 0 Å². The van der Waals surface area contributed by atoms with Crippen LogP contribution in [-0.4, -0.2) is 110 Å². The van der Waals surface area contributed by atoms with E-state index in [0.717, 1.165) is 89.8 Å². The van der Waals surface area contributed by atoms with Crippen molar-refractivity contribution in [3.63, 3.8) is 0 Å². The largest absolute Gasteiger partial charge is 0.492 e. The Balaban J connectivity index is 0.826. The van der Waals surface area contributed by atoms with Gasteiger partial charge in [-0.15, -0.1) is 0 Å². The first-order valence-electron chi connectivity index (χ1n) is 28.6. The van der Waals surface area contributed by atoms with E-state index in [2.05, 4.69) is 72.5 Å². The van der Waals surface area contributed by atoms with Crippen molar-refractivity contribution in [1.29, 1.82) is 10.5 Å². The molecule has 4 heterocycles. The molecule has 18 nitrogen and oxygen atoms in total. The predicted octanol–water partition coefficient (Wildman–Crippen LogP) is 11.6. The van der Waals surface area contributed by atoms with Gasteiger partial charge in [0.15, 0.2) is 0 Å². The summed E-state index contributed by atoms with van der Waals surface area (Å²) in [4.78, 5) is 44.6. The first-order valence-corrected chi connectivity index (χ1v) is 28.6. The number of fused-ring (bicyclic) bond motifs is 2. The lowest BCUT2D eigenvalue weighted by molar-refractivity contribution is -0.117. The Labute approximate surface area is 487 Å². The summed E-state index contributed by atoms with van der Waals surface area (Å²) in [7, 11) is 6.07. The third-order valence-corrected chi connectivity index (χ3v) is 15.0. The molecule has 3 unspecified atom stereocenters. The number of aromatic nitrogens is 3. The van der Waals surface area contributed by atoms with E-state index in [1.54, 1.807) is 24.7 Å². The van der Waals surface area contributed by atoms with Crippen molar-refractivity contribution < 1.29 is 28.5 Å². The van der Waals surface area contributed by atoms with Crippen LogP contribution in [0.25, 0.3) is 21.8 Å². The number of hydrogen-bond acceptors (Lipinski definition) is 16. The van der Waals surface area contributed by atoms with Crippen LogP contribution in [0.5, 0.6) is 23.0 Å². The Hall–Kier alpha value is -8.55. The quantitative estimate of drug-likeness (QED) is 0.0340. The molecule has 1 aliphatic rings. The van der Waals surface area contributed by atoms with Crippen molar-refractivity contribution in [2.24, 2.45) is 11.8 Å². The van der Waals surface area contributed by atoms with Gasteiger partial charge in [0.25, 0.3) is 0 Å². The van der Waals surface area contributed by atoms with Crippen LogP contribution in [0, 0.1) is 62.2 Å². The number of carbonyl (C=O) groups is 2. The highest BCUT2D eigenvalue weighted by atomic mass is 16.5. The van der Waals surface area contributed by atoms with Crippen LogP contribution in [0.3, 0.4) is 0 Å². The number of nitrogens with zero attached hydrogens (tertiary/aromatic N) is 7. The highest BCUT2D eigenvalue weighted by Crippen LogP contribution is 2.40. The van der Waals surface area contributed by atoms with E-state index in [9.17, 15) is 20.1 Å². The van der Waals surface area contributed by atoms with Gasteiger partial charge < -0.3 is 55.3 Å². The van der Waals surface area contributed by atoms with Crippen LogP contribution < -0.4 is 45.5 Å². The lowest BCUT2D eigenvalue weighted by Crippen LogP contribution is -2.49. The molecule has 7 aromatic rings. The van der Waals surface area contributed by atoms with E-state index in [-0.39, 0.29) is 17.9 Å². The Morgan fingerprint density at radius 3 is 1.86 bits per heavy atom. The number of aryl methyl sites for hydroxylation is 4. The molecular formula is C65H78N12O6. The van der Waals surface area contributed by atoms with E-state index >= 15 is 0 Å². The van der Waals surface area contributed by atoms with Crippen molar-refractivity contribution in [2.45, 2.75) is 93.2 Å². The fourth-order valence-electron chi connectivity index (χ4n) is 10.7. The summed E-state index contributed by atoms with van der Waals surface area (Å²) in [6.45, 7) is 19.0. The Morgan fingerprint density at radius 1 is 0.699 bits per heavy atom. The molecule has 3 aromatic heterocycles. The lowest BCUT2D eigenvalue weighted by atomic mass is 9.86. The van der Waals surface area contributed by atoms with Crippen LogP contribution in [0.1, 0.15) is 91.9 Å². The van der Waals surface area contributed by atoms with E-state index in [1.807, 2.05) is 121 Å². The fraction of sp³-hybridized carbons (Fsp3) is 0.400. The van der Waals surface area contributed by atoms with Crippen LogP contribution in [0.4, 0.5) is 34.1 Å². The number of hydrogen-bond donors (Lipinski definition) is 5. The summed E-state index contributed by atoms with van der Waals surface area (Å²) in [5.74, 6) is 3.10. The zero-order valence-corrected chi connectivity index (χ0v) is 49.6. The molecule has 1 fully saturated rings. The average Bonchev–Trinajstić information content (AvgIpc) is 3.64. The molecule has 0 radical (unpaired) electrons. The van der Waals surface area contributed by atoms with Gasteiger partial charge in [0.1, 0.15) is 48.4 Å². The second-order valence-electron chi connectivity index (χ2n) is 21.9. The number of nitriles is 2. The van der Waals surface area contributed by atoms with Gasteiger partial charge >= 0.3 is 0 Å². The smallest absolute Gasteiger partial charge is 0.224 e. The van der Waals surface area contributed by atoms with E-state index in [4.69, 9.17) is 18.9 Å². The van der Waals surface area contributed by atoms with Crippen molar-refractivity contribution in [1.82, 2.24) is 30.1 Å². The fourth-order valence-corrected chi connectivity index (χ4v) is 10.7. The van der Waals surface area contributed by atoms with Gasteiger partial charge in [-0.2, -0.15) is 10.5 Å². The number of anilines is 6. The minimum atomic E-state index is -0.132. The maximum absolute atomic E-state index is 13.6. The molecule has 0 saturated carbocycles. The highest BCUT2D eigenvalue weighted by molar-refractivity contribution is 6.03. The molecule has 0 aliphatic carbocycles. The SMILES string of the molecule is CCOc1cc2ncc(C#N)c(Nc3ccc(OCC4NCC(CN(C)CCCC(=O)Nc5cc6c(Nc7cc(C)c(OCc8ncccc8C)c(C)c7)c(C#N)cnc6cc5OCC)CC4C)cc3C)c2cc1NC(=O)CCCN(C)C. The summed E-state index contributed by atoms with van der Waals surface area (Å²) in [5.41, 5.74) is 10.5. The average molecular weight is 1120 g/mol. The summed E-state index contributed by atoms with van der Waals surface area (Å²) in [6.07, 6.45) is 7.96. The molecule has 18 heteroatoms. The number of amides is 2. The molecule has 0 spiro atoms. The molecule has 1 aliphatic heterocycles. The Kier molecular flexibility index (Phi) is 20.7. The summed E-state index contributed by atoms with van der Waals surface area (Å²) < 4.78 is 24.6. The first kappa shape index (κ1) is 60.5. The van der Waals surface area contributed by atoms with Crippen LogP contribution >= 0.6 is 0 Å². The second-order valence-corrected chi connectivity index (χ2v) is 21.9. The van der Waals surface area contributed by atoms with Crippen molar-refractivity contribution in [3.8, 4) is 35.1 Å². The topological polar surface area (TPSA) is 224 Å². The third-order valence-electron chi connectivity index (χ3n) is 15.0. The Morgan fingerprint density at radius 2 is 1.30 bits per heavy atom. The lowest BCUT2D eigenvalue weighted by Gasteiger charge is -2.36. The van der Waals surface area contributed by atoms with Crippen molar-refractivity contribution in [3.05, 3.63) is 124 Å². The molecule has 4 aromatic carbocycles. The van der Waals surface area contributed by atoms with E-state index in [0.29, 0.717) is 125 Å². The van der Waals surface area contributed by atoms with Crippen molar-refractivity contribution >= 4 is 67.7 Å². The second kappa shape index (κ2) is 28.4. The third kappa shape index (κ3) is 15.7. The molecule has 1 saturated heterocycles. The highest BCUT2D eigenvalue weighted by Gasteiger charge is 2.29. The van der Waals surface area contributed by atoms with Gasteiger partial charge in [-0.1, -0.05) is 13.0 Å². The molecule has 0 bridgehead atoms. The maximum atomic E-state index is 13.6.